The van der Waals surface area contributed by atoms with Crippen molar-refractivity contribution in [2.45, 2.75) is 63.2 Å². The van der Waals surface area contributed by atoms with E-state index in [1.807, 2.05) is 31.0 Å². The Labute approximate surface area is 245 Å². The van der Waals surface area contributed by atoms with E-state index < -0.39 is 5.54 Å². The van der Waals surface area contributed by atoms with Crippen LogP contribution in [0.15, 0.2) is 42.5 Å². The van der Waals surface area contributed by atoms with Gasteiger partial charge in [-0.25, -0.2) is 4.98 Å². The number of rotatable bonds is 6. The van der Waals surface area contributed by atoms with Crippen LogP contribution in [0, 0.1) is 11.8 Å². The first-order valence-electron chi connectivity index (χ1n) is 15.3. The molecule has 9 nitrogen and oxygen atoms in total. The Morgan fingerprint density at radius 2 is 1.95 bits per heavy atom. The van der Waals surface area contributed by atoms with Gasteiger partial charge in [0.25, 0.3) is 5.91 Å². The van der Waals surface area contributed by atoms with E-state index in [0.29, 0.717) is 48.2 Å². The van der Waals surface area contributed by atoms with Gasteiger partial charge in [0, 0.05) is 55.2 Å². The lowest BCUT2D eigenvalue weighted by Gasteiger charge is -2.28. The third-order valence-corrected chi connectivity index (χ3v) is 10.5. The van der Waals surface area contributed by atoms with Crippen LogP contribution in [-0.2, 0) is 16.9 Å². The van der Waals surface area contributed by atoms with Gasteiger partial charge in [0.05, 0.1) is 18.3 Å². The normalized spacial score (nSPS) is 27.2. The van der Waals surface area contributed by atoms with E-state index in [-0.39, 0.29) is 23.9 Å². The number of hydrogen-bond acceptors (Lipinski definition) is 5. The number of ether oxygens (including phenoxy) is 1. The van der Waals surface area contributed by atoms with Crippen molar-refractivity contribution in [1.82, 2.24) is 23.9 Å². The zero-order valence-corrected chi connectivity index (χ0v) is 24.5. The molecule has 2 amide bonds. The van der Waals surface area contributed by atoms with Crippen LogP contribution in [0.2, 0.25) is 0 Å². The third kappa shape index (κ3) is 3.62. The molecule has 8 rings (SSSR count). The molecular weight excluding hydrogens is 528 g/mol. The summed E-state index contributed by atoms with van der Waals surface area (Å²) < 4.78 is 10.5. The maximum Gasteiger partial charge on any atom is 0.254 e. The fourth-order valence-electron chi connectivity index (χ4n) is 7.92. The molecule has 0 radical (unpaired) electrons. The summed E-state index contributed by atoms with van der Waals surface area (Å²) in [7, 11) is 3.49. The van der Waals surface area contributed by atoms with Crippen molar-refractivity contribution in [1.29, 1.82) is 0 Å². The zero-order valence-electron chi connectivity index (χ0n) is 24.5. The van der Waals surface area contributed by atoms with Gasteiger partial charge in [0.1, 0.15) is 16.8 Å². The van der Waals surface area contributed by atoms with Crippen molar-refractivity contribution in [2.24, 2.45) is 17.6 Å². The highest BCUT2D eigenvalue weighted by Crippen LogP contribution is 2.44. The number of hydrogen-bond donors (Lipinski definition) is 1. The van der Waals surface area contributed by atoms with Crippen molar-refractivity contribution in [3.05, 3.63) is 48.0 Å². The minimum absolute atomic E-state index is 0.0281. The highest BCUT2D eigenvalue weighted by Gasteiger charge is 2.48. The number of fused-ring (bicyclic) bond motifs is 4. The van der Waals surface area contributed by atoms with E-state index >= 15 is 0 Å². The number of methoxy groups -OCH3 is 1. The number of piperidine rings is 1. The summed E-state index contributed by atoms with van der Waals surface area (Å²) in [6.07, 6.45) is 5.15. The van der Waals surface area contributed by atoms with Gasteiger partial charge in [-0.1, -0.05) is 18.2 Å². The molecule has 9 heteroatoms. The Morgan fingerprint density at radius 1 is 1.14 bits per heavy atom. The van der Waals surface area contributed by atoms with Crippen molar-refractivity contribution >= 4 is 33.8 Å². The van der Waals surface area contributed by atoms with Crippen LogP contribution in [-0.4, -0.2) is 75.1 Å². The van der Waals surface area contributed by atoms with E-state index in [2.05, 4.69) is 39.5 Å². The molecule has 2 saturated carbocycles. The molecule has 4 fully saturated rings. The van der Waals surface area contributed by atoms with Gasteiger partial charge in [0.2, 0.25) is 5.91 Å². The molecule has 2 aliphatic heterocycles. The average Bonchev–Trinajstić information content (AvgIpc) is 3.21. The number of para-hydroxylation sites is 1. The molecule has 2 N–H and O–H groups in total. The van der Waals surface area contributed by atoms with Crippen molar-refractivity contribution in [2.75, 3.05) is 27.2 Å². The smallest absolute Gasteiger partial charge is 0.254 e. The number of benzene rings is 2. The Balaban J connectivity index is 1.36. The molecule has 4 aliphatic rings. The predicted octanol–water partition coefficient (Wildman–Crippen LogP) is 4.22. The number of amides is 2. The predicted molar refractivity (Wildman–Crippen MR) is 161 cm³/mol. The quantitative estimate of drug-likeness (QED) is 0.377. The monoisotopic (exact) mass is 566 g/mol. The molecular formula is C33H38N6O3. The van der Waals surface area contributed by atoms with Gasteiger partial charge in [-0.15, -0.1) is 0 Å². The Morgan fingerprint density at radius 3 is 2.62 bits per heavy atom. The minimum Gasteiger partial charge on any atom is -0.494 e. The van der Waals surface area contributed by atoms with Gasteiger partial charge in [-0.3, -0.25) is 9.59 Å². The van der Waals surface area contributed by atoms with E-state index in [9.17, 15) is 9.59 Å². The van der Waals surface area contributed by atoms with Gasteiger partial charge in [-0.2, -0.15) is 0 Å². The molecule has 2 saturated heterocycles. The van der Waals surface area contributed by atoms with E-state index in [4.69, 9.17) is 15.5 Å². The molecule has 4 heterocycles. The summed E-state index contributed by atoms with van der Waals surface area (Å²) in [5.74, 6) is 2.33. The minimum atomic E-state index is -0.848. The van der Waals surface area contributed by atoms with E-state index in [1.54, 1.807) is 12.0 Å². The number of likely N-dealkylation sites (tertiary alicyclic amines) is 2. The van der Waals surface area contributed by atoms with Crippen molar-refractivity contribution < 1.29 is 14.3 Å². The number of nitrogens with two attached hydrogens (primary N) is 1. The SMILES string of the molecule is COc1cc(C(=O)N2CC3CCC2[C@@H]3N)cc2nc(-c3cc4ccccc4n3CC3CC3)n(C3(C)CCN(C)C3=O)c12. The van der Waals surface area contributed by atoms with Gasteiger partial charge in [-0.05, 0) is 75.1 Å². The standard InChI is InChI=1S/C33H38N6O3/c1-33(12-13-36(2)32(33)41)39-29-23(14-22(16-27(29)42-3)31(40)38-18-21-10-11-25(38)28(21)34)35-30(39)26-15-20-6-4-5-7-24(20)37(26)17-19-8-9-19/h4-7,14-16,19,21,25,28H,8-13,17-18,34H2,1-3H3/t21?,25?,28-,33?/m1/s1. The van der Waals surface area contributed by atoms with Gasteiger partial charge < -0.3 is 29.4 Å². The summed E-state index contributed by atoms with van der Waals surface area (Å²) in [5, 5.41) is 1.15. The number of nitrogens with zero attached hydrogens (tertiary/aromatic N) is 5. The highest BCUT2D eigenvalue weighted by atomic mass is 16.5. The first-order valence-corrected chi connectivity index (χ1v) is 15.3. The van der Waals surface area contributed by atoms with E-state index in [1.165, 1.54) is 18.4 Å². The number of likely N-dealkylation sites (N-methyl/N-ethyl adjacent to an activating group) is 1. The first kappa shape index (κ1) is 25.8. The number of aromatic nitrogens is 3. The Hall–Kier alpha value is -3.85. The molecule has 4 atom stereocenters. The highest BCUT2D eigenvalue weighted by molar-refractivity contribution is 6.01. The molecule has 4 aromatic rings. The second-order valence-electron chi connectivity index (χ2n) is 13.1. The second-order valence-corrected chi connectivity index (χ2v) is 13.1. The fraction of sp³-hybridized carbons (Fsp3) is 0.485. The molecule has 3 unspecified atom stereocenters. The maximum atomic E-state index is 13.9. The Bertz CT molecular complexity index is 1770. The lowest BCUT2D eigenvalue weighted by molar-refractivity contribution is -0.133. The first-order chi connectivity index (χ1) is 20.3. The van der Waals surface area contributed by atoms with Crippen LogP contribution in [0.3, 0.4) is 0 Å². The molecule has 0 spiro atoms. The average molecular weight is 567 g/mol. The largest absolute Gasteiger partial charge is 0.494 e. The topological polar surface area (TPSA) is 98.6 Å². The maximum absolute atomic E-state index is 13.9. The van der Waals surface area contributed by atoms with Crippen LogP contribution in [0.4, 0.5) is 0 Å². The van der Waals surface area contributed by atoms with E-state index in [0.717, 1.165) is 41.8 Å². The van der Waals surface area contributed by atoms with Crippen molar-refractivity contribution in [3.63, 3.8) is 0 Å². The van der Waals surface area contributed by atoms with Gasteiger partial charge >= 0.3 is 0 Å². The molecule has 42 heavy (non-hydrogen) atoms. The van der Waals surface area contributed by atoms with Crippen molar-refractivity contribution in [3.8, 4) is 17.3 Å². The van der Waals surface area contributed by atoms with Crippen LogP contribution in [0.25, 0.3) is 33.5 Å². The zero-order chi connectivity index (χ0) is 28.9. The number of carbonyl (C=O) groups excluding carboxylic acids is 2. The second kappa shape index (κ2) is 9.07. The molecule has 2 aromatic carbocycles. The third-order valence-electron chi connectivity index (χ3n) is 10.5. The fourth-order valence-corrected chi connectivity index (χ4v) is 7.92. The molecule has 2 bridgehead atoms. The van der Waals surface area contributed by atoms with Gasteiger partial charge in [0.15, 0.2) is 5.82 Å². The summed E-state index contributed by atoms with van der Waals surface area (Å²) in [6.45, 7) is 4.29. The lowest BCUT2D eigenvalue weighted by atomic mass is 9.99. The molecule has 218 valence electrons. The number of carbonyl (C=O) groups is 2. The molecule has 2 aromatic heterocycles. The number of imidazole rings is 1. The summed E-state index contributed by atoms with van der Waals surface area (Å²) in [5.41, 5.74) is 9.71. The molecule has 2 aliphatic carbocycles. The lowest BCUT2D eigenvalue weighted by Crippen LogP contribution is -2.41. The van der Waals surface area contributed by atoms with Crippen LogP contribution in [0.5, 0.6) is 5.75 Å². The summed E-state index contributed by atoms with van der Waals surface area (Å²) >= 11 is 0. The van der Waals surface area contributed by atoms with Crippen LogP contribution in [0.1, 0.15) is 49.4 Å². The van der Waals surface area contributed by atoms with Crippen LogP contribution < -0.4 is 10.5 Å². The summed E-state index contributed by atoms with van der Waals surface area (Å²) in [4.78, 5) is 36.7. The Kier molecular flexibility index (Phi) is 5.58. The van der Waals surface area contributed by atoms with Crippen LogP contribution >= 0.6 is 0 Å². The summed E-state index contributed by atoms with van der Waals surface area (Å²) in [6, 6.07) is 14.5.